The van der Waals surface area contributed by atoms with E-state index in [1.54, 1.807) is 13.8 Å². The van der Waals surface area contributed by atoms with Gasteiger partial charge in [0.2, 0.25) is 0 Å². The highest BCUT2D eigenvalue weighted by Crippen LogP contribution is 2.31. The Kier molecular flexibility index (Phi) is 5.06. The number of nitrogens with one attached hydrogen (secondary N) is 1. The molecule has 0 radical (unpaired) electrons. The van der Waals surface area contributed by atoms with E-state index in [0.29, 0.717) is 18.5 Å². The molecule has 0 aliphatic carbocycles. The second-order valence-corrected chi connectivity index (χ2v) is 6.81. The molecule has 0 bridgehead atoms. The maximum absolute atomic E-state index is 13.6. The largest absolute Gasteiger partial charge is 0.481 e. The molecule has 2 atom stereocenters. The van der Waals surface area contributed by atoms with Crippen LogP contribution in [0.25, 0.3) is 0 Å². The molecule has 2 N–H and O–H groups in total. The molecule has 0 spiro atoms. The summed E-state index contributed by atoms with van der Waals surface area (Å²) in [5, 5.41) is 12.1. The number of carbonyl (C=O) groups excluding carboxylic acids is 1. The Balaban J connectivity index is 2.07. The zero-order valence-corrected chi connectivity index (χ0v) is 14.2. The molecular formula is C15H17Cl2FN2O3. The molecule has 1 heterocycles. The van der Waals surface area contributed by atoms with Crippen molar-refractivity contribution in [2.24, 2.45) is 5.41 Å². The Morgan fingerprint density at radius 3 is 2.61 bits per heavy atom. The molecular weight excluding hydrogens is 346 g/mol. The maximum atomic E-state index is 13.6. The van der Waals surface area contributed by atoms with Gasteiger partial charge in [0.15, 0.2) is 0 Å². The van der Waals surface area contributed by atoms with Crippen molar-refractivity contribution in [2.75, 3.05) is 13.1 Å². The number of urea groups is 1. The average Bonchev–Trinajstić information content (AvgIpc) is 2.87. The third-order valence-corrected chi connectivity index (χ3v) is 4.74. The Labute approximate surface area is 143 Å². The highest BCUT2D eigenvalue weighted by Gasteiger charge is 2.42. The van der Waals surface area contributed by atoms with Gasteiger partial charge in [-0.15, -0.1) is 0 Å². The van der Waals surface area contributed by atoms with Crippen molar-refractivity contribution < 1.29 is 19.1 Å². The van der Waals surface area contributed by atoms with Crippen molar-refractivity contribution in [3.8, 4) is 0 Å². The van der Waals surface area contributed by atoms with Crippen LogP contribution in [0.15, 0.2) is 12.1 Å². The molecule has 1 aromatic carbocycles. The van der Waals surface area contributed by atoms with Gasteiger partial charge < -0.3 is 15.3 Å². The van der Waals surface area contributed by atoms with Gasteiger partial charge in [0.1, 0.15) is 5.82 Å². The number of amides is 2. The summed E-state index contributed by atoms with van der Waals surface area (Å²) < 4.78 is 13.6. The summed E-state index contributed by atoms with van der Waals surface area (Å²) in [4.78, 5) is 24.9. The number of carboxylic acid groups (broad SMARTS) is 1. The Bertz CT molecular complexity index is 656. The van der Waals surface area contributed by atoms with Gasteiger partial charge in [0.25, 0.3) is 0 Å². The highest BCUT2D eigenvalue weighted by atomic mass is 35.5. The molecule has 1 aliphatic heterocycles. The number of aliphatic carboxylic acids is 1. The van der Waals surface area contributed by atoms with E-state index in [4.69, 9.17) is 23.2 Å². The molecule has 0 aromatic heterocycles. The van der Waals surface area contributed by atoms with Crippen LogP contribution in [0.1, 0.15) is 31.9 Å². The lowest BCUT2D eigenvalue weighted by atomic mass is 9.90. The summed E-state index contributed by atoms with van der Waals surface area (Å²) >= 11 is 11.7. The van der Waals surface area contributed by atoms with E-state index >= 15 is 0 Å². The third kappa shape index (κ3) is 3.70. The Morgan fingerprint density at radius 2 is 2.04 bits per heavy atom. The van der Waals surface area contributed by atoms with Gasteiger partial charge in [-0.1, -0.05) is 23.2 Å². The van der Waals surface area contributed by atoms with Crippen LogP contribution < -0.4 is 5.32 Å². The fourth-order valence-electron chi connectivity index (χ4n) is 2.53. The molecule has 1 fully saturated rings. The average molecular weight is 363 g/mol. The fourth-order valence-corrected chi connectivity index (χ4v) is 3.08. The van der Waals surface area contributed by atoms with Crippen molar-refractivity contribution in [3.05, 3.63) is 33.6 Å². The van der Waals surface area contributed by atoms with Crippen LogP contribution in [0, 0.1) is 11.2 Å². The lowest BCUT2D eigenvalue weighted by Crippen LogP contribution is -2.41. The summed E-state index contributed by atoms with van der Waals surface area (Å²) in [6.45, 7) is 3.75. The van der Waals surface area contributed by atoms with Gasteiger partial charge in [-0.2, -0.15) is 0 Å². The summed E-state index contributed by atoms with van der Waals surface area (Å²) in [6, 6.07) is 1.52. The van der Waals surface area contributed by atoms with E-state index in [-0.39, 0.29) is 16.6 Å². The summed E-state index contributed by atoms with van der Waals surface area (Å²) in [6.07, 6.45) is 0.389. The van der Waals surface area contributed by atoms with E-state index in [0.717, 1.165) is 0 Å². The number of rotatable bonds is 3. The van der Waals surface area contributed by atoms with E-state index in [2.05, 4.69) is 5.32 Å². The van der Waals surface area contributed by atoms with Crippen LogP contribution in [0.2, 0.25) is 10.0 Å². The van der Waals surface area contributed by atoms with E-state index < -0.39 is 29.3 Å². The summed E-state index contributed by atoms with van der Waals surface area (Å²) in [5.41, 5.74) is -0.535. The first-order valence-corrected chi connectivity index (χ1v) is 7.83. The van der Waals surface area contributed by atoms with Crippen molar-refractivity contribution >= 4 is 35.2 Å². The maximum Gasteiger partial charge on any atom is 0.317 e. The van der Waals surface area contributed by atoms with Crippen molar-refractivity contribution in [2.45, 2.75) is 26.3 Å². The first-order chi connectivity index (χ1) is 10.6. The van der Waals surface area contributed by atoms with Crippen LogP contribution in [-0.2, 0) is 4.79 Å². The SMILES string of the molecule is CC(NC(=O)N1CCC(C)(C(=O)O)C1)c1cc(F)c(Cl)cc1Cl. The number of hydrogen-bond donors (Lipinski definition) is 2. The zero-order chi connectivity index (χ0) is 17.4. The molecule has 8 heteroatoms. The molecule has 126 valence electrons. The molecule has 2 rings (SSSR count). The number of halogens is 3. The highest BCUT2D eigenvalue weighted by molar-refractivity contribution is 6.35. The van der Waals surface area contributed by atoms with Crippen molar-refractivity contribution in [1.29, 1.82) is 0 Å². The lowest BCUT2D eigenvalue weighted by molar-refractivity contribution is -0.147. The third-order valence-electron chi connectivity index (χ3n) is 4.12. The van der Waals surface area contributed by atoms with Crippen LogP contribution in [-0.4, -0.2) is 35.1 Å². The predicted octanol–water partition coefficient (Wildman–Crippen LogP) is 3.70. The second kappa shape index (κ2) is 6.53. The van der Waals surface area contributed by atoms with Crippen molar-refractivity contribution in [3.63, 3.8) is 0 Å². The van der Waals surface area contributed by atoms with Crippen LogP contribution in [0.5, 0.6) is 0 Å². The van der Waals surface area contributed by atoms with Gasteiger partial charge in [-0.3, -0.25) is 4.79 Å². The van der Waals surface area contributed by atoms with Gasteiger partial charge in [-0.25, -0.2) is 9.18 Å². The Hall–Kier alpha value is -1.53. The fraction of sp³-hybridized carbons (Fsp3) is 0.467. The van der Waals surface area contributed by atoms with E-state index in [1.165, 1.54) is 17.0 Å². The minimum absolute atomic E-state index is 0.0888. The van der Waals surface area contributed by atoms with Gasteiger partial charge in [-0.05, 0) is 38.0 Å². The number of carbonyl (C=O) groups is 2. The second-order valence-electron chi connectivity index (χ2n) is 6.00. The predicted molar refractivity (Wildman–Crippen MR) is 85.3 cm³/mol. The number of benzene rings is 1. The van der Waals surface area contributed by atoms with E-state index in [9.17, 15) is 19.1 Å². The normalized spacial score (nSPS) is 22.0. The summed E-state index contributed by atoms with van der Waals surface area (Å²) in [7, 11) is 0. The molecule has 1 aliphatic rings. The molecule has 2 unspecified atom stereocenters. The first-order valence-electron chi connectivity index (χ1n) is 7.07. The van der Waals surface area contributed by atoms with Crippen LogP contribution in [0.4, 0.5) is 9.18 Å². The van der Waals surface area contributed by atoms with Gasteiger partial charge >= 0.3 is 12.0 Å². The smallest absolute Gasteiger partial charge is 0.317 e. The van der Waals surface area contributed by atoms with Crippen molar-refractivity contribution in [1.82, 2.24) is 10.2 Å². The van der Waals surface area contributed by atoms with Gasteiger partial charge in [0, 0.05) is 18.1 Å². The monoisotopic (exact) mass is 362 g/mol. The van der Waals surface area contributed by atoms with E-state index in [1.807, 2.05) is 0 Å². The number of likely N-dealkylation sites (tertiary alicyclic amines) is 1. The lowest BCUT2D eigenvalue weighted by Gasteiger charge is -2.23. The van der Waals surface area contributed by atoms with Gasteiger partial charge in [0.05, 0.1) is 16.5 Å². The van der Waals surface area contributed by atoms with Crippen LogP contribution in [0.3, 0.4) is 0 Å². The number of nitrogens with zero attached hydrogens (tertiary/aromatic N) is 1. The minimum atomic E-state index is -0.940. The summed E-state index contributed by atoms with van der Waals surface area (Å²) in [5.74, 6) is -1.55. The molecule has 1 saturated heterocycles. The molecule has 0 saturated carbocycles. The zero-order valence-electron chi connectivity index (χ0n) is 12.7. The van der Waals surface area contributed by atoms with Crippen LogP contribution >= 0.6 is 23.2 Å². The number of hydrogen-bond acceptors (Lipinski definition) is 2. The molecule has 23 heavy (non-hydrogen) atoms. The first kappa shape index (κ1) is 17.8. The Morgan fingerprint density at radius 1 is 1.39 bits per heavy atom. The molecule has 1 aromatic rings. The quantitative estimate of drug-likeness (QED) is 0.805. The molecule has 5 nitrogen and oxygen atoms in total. The standard InChI is InChI=1S/C15H17Cl2FN2O3/c1-8(9-5-12(18)11(17)6-10(9)16)19-14(23)20-4-3-15(2,7-20)13(21)22/h5-6,8H,3-4,7H2,1-2H3,(H,19,23)(H,21,22). The minimum Gasteiger partial charge on any atom is -0.481 e. The number of carboxylic acids is 1. The molecule has 2 amide bonds. The topological polar surface area (TPSA) is 69.6 Å².